The highest BCUT2D eigenvalue weighted by molar-refractivity contribution is 7.80. The van der Waals surface area contributed by atoms with Crippen molar-refractivity contribution in [3.63, 3.8) is 0 Å². The van der Waals surface area contributed by atoms with Crippen molar-refractivity contribution in [2.75, 3.05) is 5.32 Å². The number of anilines is 1. The Labute approximate surface area is 108 Å². The Morgan fingerprint density at radius 1 is 1.41 bits per heavy atom. The second kappa shape index (κ2) is 5.00. The van der Waals surface area contributed by atoms with E-state index in [2.05, 4.69) is 24.1 Å². The van der Waals surface area contributed by atoms with Crippen molar-refractivity contribution >= 4 is 23.0 Å². The van der Waals surface area contributed by atoms with E-state index in [1.165, 1.54) is 12.8 Å². The van der Waals surface area contributed by atoms with Gasteiger partial charge in [-0.3, -0.25) is 0 Å². The van der Waals surface area contributed by atoms with E-state index in [4.69, 9.17) is 18.0 Å². The monoisotopic (exact) mass is 249 g/mol. The van der Waals surface area contributed by atoms with Crippen molar-refractivity contribution in [1.82, 2.24) is 4.98 Å². The number of rotatable bonds is 3. The highest BCUT2D eigenvalue weighted by Crippen LogP contribution is 2.32. The number of hydrogen-bond donors (Lipinski definition) is 2. The molecule has 0 spiro atoms. The average Bonchev–Trinajstić information content (AvgIpc) is 2.62. The molecule has 0 aromatic carbocycles. The average molecular weight is 249 g/mol. The van der Waals surface area contributed by atoms with Gasteiger partial charge in [-0.2, -0.15) is 0 Å². The molecule has 4 heteroatoms. The van der Waals surface area contributed by atoms with Gasteiger partial charge in [0, 0.05) is 17.8 Å². The molecule has 1 aliphatic rings. The molecule has 3 unspecified atom stereocenters. The number of nitrogens with two attached hydrogens (primary N) is 1. The third-order valence-corrected chi connectivity index (χ3v) is 4.08. The molecule has 1 fully saturated rings. The van der Waals surface area contributed by atoms with Gasteiger partial charge < -0.3 is 11.1 Å². The van der Waals surface area contributed by atoms with Crippen molar-refractivity contribution in [2.45, 2.75) is 32.7 Å². The van der Waals surface area contributed by atoms with E-state index in [-0.39, 0.29) is 0 Å². The fourth-order valence-electron chi connectivity index (χ4n) is 2.38. The topological polar surface area (TPSA) is 50.9 Å². The van der Waals surface area contributed by atoms with Crippen molar-refractivity contribution in [3.8, 4) is 0 Å². The van der Waals surface area contributed by atoms with E-state index in [1.807, 2.05) is 12.1 Å². The molecule has 0 saturated heterocycles. The first-order valence-electron chi connectivity index (χ1n) is 6.10. The van der Waals surface area contributed by atoms with Crippen LogP contribution in [-0.2, 0) is 0 Å². The van der Waals surface area contributed by atoms with Gasteiger partial charge in [-0.15, -0.1) is 0 Å². The lowest BCUT2D eigenvalue weighted by Gasteiger charge is -2.20. The standard InChI is InChI=1S/C13H19N3S/c1-8-3-5-11(9(8)2)16-12-6-4-10(7-15-12)13(14)17/h4,6-9,11H,3,5H2,1-2H3,(H2,14,17)(H,15,16). The first-order chi connectivity index (χ1) is 8.08. The zero-order valence-electron chi connectivity index (χ0n) is 10.3. The number of hydrogen-bond acceptors (Lipinski definition) is 3. The van der Waals surface area contributed by atoms with Crippen LogP contribution in [0.25, 0.3) is 0 Å². The Kier molecular flexibility index (Phi) is 3.62. The maximum atomic E-state index is 5.54. The van der Waals surface area contributed by atoms with Crippen LogP contribution >= 0.6 is 12.2 Å². The molecule has 0 amide bonds. The van der Waals surface area contributed by atoms with E-state index in [0.717, 1.165) is 17.3 Å². The molecule has 1 aromatic rings. The van der Waals surface area contributed by atoms with Gasteiger partial charge in [-0.25, -0.2) is 4.98 Å². The van der Waals surface area contributed by atoms with Gasteiger partial charge >= 0.3 is 0 Å². The quantitative estimate of drug-likeness (QED) is 0.808. The minimum atomic E-state index is 0.395. The largest absolute Gasteiger partial charge is 0.389 e. The lowest BCUT2D eigenvalue weighted by atomic mass is 9.98. The number of pyridine rings is 1. The second-order valence-corrected chi connectivity index (χ2v) is 5.40. The highest BCUT2D eigenvalue weighted by Gasteiger charge is 2.29. The molecule has 1 heterocycles. The maximum absolute atomic E-state index is 5.54. The molecule has 1 aliphatic carbocycles. The van der Waals surface area contributed by atoms with Gasteiger partial charge in [0.05, 0.1) is 0 Å². The second-order valence-electron chi connectivity index (χ2n) is 4.96. The molecule has 0 bridgehead atoms. The van der Waals surface area contributed by atoms with Gasteiger partial charge in [0.2, 0.25) is 0 Å². The maximum Gasteiger partial charge on any atom is 0.126 e. The Morgan fingerprint density at radius 3 is 2.65 bits per heavy atom. The Bertz CT molecular complexity index is 402. The summed E-state index contributed by atoms with van der Waals surface area (Å²) in [6.07, 6.45) is 4.25. The van der Waals surface area contributed by atoms with Crippen molar-refractivity contribution in [3.05, 3.63) is 23.9 Å². The zero-order chi connectivity index (χ0) is 12.4. The fraction of sp³-hybridized carbons (Fsp3) is 0.538. The number of nitrogens with one attached hydrogen (secondary N) is 1. The highest BCUT2D eigenvalue weighted by atomic mass is 32.1. The fourth-order valence-corrected chi connectivity index (χ4v) is 2.50. The molecule has 2 rings (SSSR count). The SMILES string of the molecule is CC1CCC(Nc2ccc(C(N)=S)cn2)C1C. The van der Waals surface area contributed by atoms with E-state index >= 15 is 0 Å². The van der Waals surface area contributed by atoms with Crippen LogP contribution in [-0.4, -0.2) is 16.0 Å². The molecule has 1 saturated carbocycles. The van der Waals surface area contributed by atoms with Crippen molar-refractivity contribution < 1.29 is 0 Å². The minimum Gasteiger partial charge on any atom is -0.389 e. The van der Waals surface area contributed by atoms with Crippen LogP contribution < -0.4 is 11.1 Å². The summed E-state index contributed by atoms with van der Waals surface area (Å²) in [5.41, 5.74) is 6.36. The Hall–Kier alpha value is -1.16. The minimum absolute atomic E-state index is 0.395. The van der Waals surface area contributed by atoms with Gasteiger partial charge in [-0.1, -0.05) is 26.1 Å². The lowest BCUT2D eigenvalue weighted by Crippen LogP contribution is -2.24. The van der Waals surface area contributed by atoms with Gasteiger partial charge in [0.1, 0.15) is 10.8 Å². The molecule has 1 aromatic heterocycles. The first kappa shape index (κ1) is 12.3. The number of thiocarbonyl (C=S) groups is 1. The van der Waals surface area contributed by atoms with Crippen LogP contribution in [0.5, 0.6) is 0 Å². The summed E-state index contributed by atoms with van der Waals surface area (Å²) >= 11 is 4.90. The lowest BCUT2D eigenvalue weighted by molar-refractivity contribution is 0.435. The van der Waals surface area contributed by atoms with E-state index in [0.29, 0.717) is 16.9 Å². The number of aromatic nitrogens is 1. The normalized spacial score (nSPS) is 28.0. The molecular weight excluding hydrogens is 230 g/mol. The predicted molar refractivity (Wildman–Crippen MR) is 75.1 cm³/mol. The summed E-state index contributed by atoms with van der Waals surface area (Å²) in [7, 11) is 0. The van der Waals surface area contributed by atoms with E-state index in [9.17, 15) is 0 Å². The summed E-state index contributed by atoms with van der Waals surface area (Å²) in [6.45, 7) is 4.62. The van der Waals surface area contributed by atoms with Crippen molar-refractivity contribution in [1.29, 1.82) is 0 Å². The molecule has 92 valence electrons. The van der Waals surface area contributed by atoms with Gasteiger partial charge in [-0.05, 0) is 36.8 Å². The zero-order valence-corrected chi connectivity index (χ0v) is 11.1. The molecule has 0 aliphatic heterocycles. The summed E-state index contributed by atoms with van der Waals surface area (Å²) in [5, 5.41) is 3.49. The molecular formula is C13H19N3S. The van der Waals surface area contributed by atoms with Crippen LogP contribution in [0.3, 0.4) is 0 Å². The Balaban J connectivity index is 2.02. The molecule has 3 nitrogen and oxygen atoms in total. The van der Waals surface area contributed by atoms with E-state index in [1.54, 1.807) is 6.20 Å². The van der Waals surface area contributed by atoms with Crippen molar-refractivity contribution in [2.24, 2.45) is 17.6 Å². The first-order valence-corrected chi connectivity index (χ1v) is 6.51. The van der Waals surface area contributed by atoms with Gasteiger partial charge in [0.25, 0.3) is 0 Å². The number of nitrogens with zero attached hydrogens (tertiary/aromatic N) is 1. The molecule has 0 radical (unpaired) electrons. The third-order valence-electron chi connectivity index (χ3n) is 3.85. The van der Waals surface area contributed by atoms with Crippen LogP contribution in [0.15, 0.2) is 18.3 Å². The van der Waals surface area contributed by atoms with Crippen LogP contribution in [0.2, 0.25) is 0 Å². The third kappa shape index (κ3) is 2.75. The molecule has 3 N–H and O–H groups in total. The Morgan fingerprint density at radius 2 is 2.18 bits per heavy atom. The summed E-state index contributed by atoms with van der Waals surface area (Å²) in [5.74, 6) is 2.41. The summed E-state index contributed by atoms with van der Waals surface area (Å²) in [4.78, 5) is 4.74. The predicted octanol–water partition coefficient (Wildman–Crippen LogP) is 2.56. The van der Waals surface area contributed by atoms with Crippen LogP contribution in [0.1, 0.15) is 32.3 Å². The van der Waals surface area contributed by atoms with Crippen LogP contribution in [0, 0.1) is 11.8 Å². The summed E-state index contributed by atoms with van der Waals surface area (Å²) < 4.78 is 0. The molecule has 17 heavy (non-hydrogen) atoms. The smallest absolute Gasteiger partial charge is 0.126 e. The molecule has 3 atom stereocenters. The summed E-state index contributed by atoms with van der Waals surface area (Å²) in [6, 6.07) is 4.40. The van der Waals surface area contributed by atoms with E-state index < -0.39 is 0 Å². The van der Waals surface area contributed by atoms with Gasteiger partial charge in [0.15, 0.2) is 0 Å². The van der Waals surface area contributed by atoms with Crippen LogP contribution in [0.4, 0.5) is 5.82 Å².